The van der Waals surface area contributed by atoms with Crippen LogP contribution in [0.15, 0.2) is 11.6 Å². The van der Waals surface area contributed by atoms with Gasteiger partial charge in [0.25, 0.3) is 0 Å². The van der Waals surface area contributed by atoms with Gasteiger partial charge in [0, 0.05) is 19.8 Å². The Morgan fingerprint density at radius 1 is 1.24 bits per heavy atom. The first kappa shape index (κ1) is 17.6. The highest BCUT2D eigenvalue weighted by Gasteiger charge is 2.56. The second-order valence-electron chi connectivity index (χ2n) is 9.48. The lowest BCUT2D eigenvalue weighted by atomic mass is 9.48. The second-order valence-corrected chi connectivity index (χ2v) is 9.48. The molecule has 0 heterocycles. The van der Waals surface area contributed by atoms with Crippen molar-refractivity contribution in [2.75, 3.05) is 13.7 Å². The van der Waals surface area contributed by atoms with Crippen LogP contribution in [0.2, 0.25) is 0 Å². The lowest BCUT2D eigenvalue weighted by Crippen LogP contribution is -2.51. The Morgan fingerprint density at radius 2 is 2.08 bits per heavy atom. The van der Waals surface area contributed by atoms with Crippen LogP contribution in [0.5, 0.6) is 0 Å². The molecule has 4 saturated carbocycles. The van der Waals surface area contributed by atoms with Gasteiger partial charge in [-0.15, -0.1) is 0 Å². The zero-order chi connectivity index (χ0) is 17.6. The van der Waals surface area contributed by atoms with E-state index in [4.69, 9.17) is 4.74 Å². The Kier molecular flexibility index (Phi) is 4.71. The Bertz CT molecular complexity index is 579. The van der Waals surface area contributed by atoms with Crippen LogP contribution in [0.3, 0.4) is 0 Å². The Balaban J connectivity index is 1.60. The van der Waals surface area contributed by atoms with Crippen molar-refractivity contribution in [3.05, 3.63) is 11.6 Å². The number of aliphatic hydroxyl groups excluding tert-OH is 1. The van der Waals surface area contributed by atoms with E-state index in [-0.39, 0.29) is 11.5 Å². The van der Waals surface area contributed by atoms with Crippen LogP contribution < -0.4 is 0 Å². The SMILES string of the molecule is COC[C@@H]1C[C@@H](O)C[C@@H]2CC[C@@H]3[C@H](CC[C@]4(C)/C(=C\C#N)CC[C@@H]34)C12. The van der Waals surface area contributed by atoms with Crippen LogP contribution in [-0.4, -0.2) is 24.9 Å². The van der Waals surface area contributed by atoms with Gasteiger partial charge in [-0.1, -0.05) is 12.5 Å². The van der Waals surface area contributed by atoms with Crippen molar-refractivity contribution in [2.24, 2.45) is 40.9 Å². The molecule has 0 radical (unpaired) electrons. The first-order valence-electron chi connectivity index (χ1n) is 10.3. The van der Waals surface area contributed by atoms with E-state index in [0.29, 0.717) is 11.8 Å². The predicted molar refractivity (Wildman–Crippen MR) is 97.6 cm³/mol. The van der Waals surface area contributed by atoms with Crippen molar-refractivity contribution < 1.29 is 9.84 Å². The van der Waals surface area contributed by atoms with Crippen LogP contribution in [0, 0.1) is 52.3 Å². The monoisotopic (exact) mass is 343 g/mol. The van der Waals surface area contributed by atoms with E-state index in [1.807, 2.05) is 13.2 Å². The summed E-state index contributed by atoms with van der Waals surface area (Å²) in [4.78, 5) is 0. The number of ether oxygens (including phenoxy) is 1. The standard InChI is InChI=1S/C22H33NO2/c1-22-9-7-19-18(20(22)6-4-16(22)8-10-23)5-3-14-11-17(24)12-15(13-25-2)21(14)19/h8,14-15,17-21,24H,3-7,9,11-13H2,1-2H3/b16-8-/t14-,15-,17-,18+,19-,20-,21?,22+/m0/s1. The van der Waals surface area contributed by atoms with Gasteiger partial charge < -0.3 is 9.84 Å². The van der Waals surface area contributed by atoms with Gasteiger partial charge in [0.2, 0.25) is 0 Å². The summed E-state index contributed by atoms with van der Waals surface area (Å²) < 4.78 is 5.56. The molecule has 3 nitrogen and oxygen atoms in total. The average Bonchev–Trinajstić information content (AvgIpc) is 2.92. The van der Waals surface area contributed by atoms with Crippen molar-refractivity contribution in [3.63, 3.8) is 0 Å². The van der Waals surface area contributed by atoms with E-state index in [1.54, 1.807) is 0 Å². The Hall–Kier alpha value is -0.850. The van der Waals surface area contributed by atoms with Gasteiger partial charge in [-0.3, -0.25) is 0 Å². The quantitative estimate of drug-likeness (QED) is 0.760. The third kappa shape index (κ3) is 2.77. The molecule has 4 aliphatic carbocycles. The van der Waals surface area contributed by atoms with Gasteiger partial charge in [-0.25, -0.2) is 0 Å². The number of nitriles is 1. The molecule has 0 amide bonds. The van der Waals surface area contributed by atoms with Crippen molar-refractivity contribution in [3.8, 4) is 6.07 Å². The van der Waals surface area contributed by atoms with Crippen molar-refractivity contribution in [2.45, 2.75) is 64.4 Å². The Morgan fingerprint density at radius 3 is 2.84 bits per heavy atom. The molecule has 8 atom stereocenters. The van der Waals surface area contributed by atoms with Gasteiger partial charge in [0.05, 0.1) is 12.2 Å². The average molecular weight is 344 g/mol. The largest absolute Gasteiger partial charge is 0.393 e. The van der Waals surface area contributed by atoms with Gasteiger partial charge in [-0.05, 0) is 92.3 Å². The van der Waals surface area contributed by atoms with Crippen LogP contribution in [0.1, 0.15) is 58.3 Å². The number of methoxy groups -OCH3 is 1. The zero-order valence-corrected chi connectivity index (χ0v) is 15.8. The van der Waals surface area contributed by atoms with E-state index in [2.05, 4.69) is 13.0 Å². The third-order valence-corrected chi connectivity index (χ3v) is 8.56. The van der Waals surface area contributed by atoms with Crippen molar-refractivity contribution >= 4 is 0 Å². The first-order valence-corrected chi connectivity index (χ1v) is 10.3. The van der Waals surface area contributed by atoms with Crippen LogP contribution >= 0.6 is 0 Å². The first-order chi connectivity index (χ1) is 12.1. The fraction of sp³-hybridized carbons (Fsp3) is 0.864. The Labute approximate surface area is 152 Å². The van der Waals surface area contributed by atoms with Gasteiger partial charge in [-0.2, -0.15) is 5.26 Å². The minimum absolute atomic E-state index is 0.122. The lowest BCUT2D eigenvalue weighted by molar-refractivity contribution is -0.101. The van der Waals surface area contributed by atoms with E-state index in [0.717, 1.165) is 49.5 Å². The molecule has 3 heteroatoms. The van der Waals surface area contributed by atoms with E-state index in [9.17, 15) is 10.4 Å². The summed E-state index contributed by atoms with van der Waals surface area (Å²) in [5, 5.41) is 19.5. The highest BCUT2D eigenvalue weighted by Crippen LogP contribution is 2.64. The molecular weight excluding hydrogens is 310 g/mol. The molecule has 1 unspecified atom stereocenters. The molecule has 0 spiro atoms. The zero-order valence-electron chi connectivity index (χ0n) is 15.8. The smallest absolute Gasteiger partial charge is 0.0911 e. The van der Waals surface area contributed by atoms with E-state index < -0.39 is 0 Å². The van der Waals surface area contributed by atoms with E-state index >= 15 is 0 Å². The van der Waals surface area contributed by atoms with Crippen LogP contribution in [0.25, 0.3) is 0 Å². The second kappa shape index (κ2) is 6.71. The van der Waals surface area contributed by atoms with Crippen LogP contribution in [-0.2, 0) is 4.74 Å². The molecule has 0 aromatic carbocycles. The normalized spacial score (nSPS) is 50.6. The number of hydrogen-bond acceptors (Lipinski definition) is 3. The predicted octanol–water partition coefficient (Wildman–Crippen LogP) is 4.32. The molecule has 0 bridgehead atoms. The molecule has 138 valence electrons. The molecule has 0 aromatic heterocycles. The minimum atomic E-state index is -0.122. The fourth-order valence-corrected chi connectivity index (χ4v) is 7.68. The molecule has 0 aromatic rings. The molecule has 0 aliphatic heterocycles. The fourth-order valence-electron chi connectivity index (χ4n) is 7.68. The summed E-state index contributed by atoms with van der Waals surface area (Å²) in [6.07, 6.45) is 11.3. The van der Waals surface area contributed by atoms with E-state index in [1.165, 1.54) is 37.7 Å². The maximum Gasteiger partial charge on any atom is 0.0911 e. The molecule has 0 saturated heterocycles. The maximum atomic E-state index is 10.3. The number of hydrogen-bond donors (Lipinski definition) is 1. The molecule has 1 N–H and O–H groups in total. The van der Waals surface area contributed by atoms with Gasteiger partial charge in [0.1, 0.15) is 0 Å². The van der Waals surface area contributed by atoms with Gasteiger partial charge >= 0.3 is 0 Å². The number of fused-ring (bicyclic) bond motifs is 5. The number of allylic oxidation sites excluding steroid dienone is 2. The maximum absolute atomic E-state index is 10.3. The molecule has 4 aliphatic rings. The highest BCUT2D eigenvalue weighted by atomic mass is 16.5. The molecule has 25 heavy (non-hydrogen) atoms. The summed E-state index contributed by atoms with van der Waals surface area (Å²) >= 11 is 0. The summed E-state index contributed by atoms with van der Waals surface area (Å²) in [6, 6.07) is 2.31. The third-order valence-electron chi connectivity index (χ3n) is 8.56. The summed E-state index contributed by atoms with van der Waals surface area (Å²) in [7, 11) is 1.81. The number of nitrogens with zero attached hydrogens (tertiary/aromatic N) is 1. The van der Waals surface area contributed by atoms with Crippen molar-refractivity contribution in [1.29, 1.82) is 5.26 Å². The molecule has 4 fully saturated rings. The highest BCUT2D eigenvalue weighted by molar-refractivity contribution is 5.28. The van der Waals surface area contributed by atoms with Gasteiger partial charge in [0.15, 0.2) is 0 Å². The number of aliphatic hydroxyl groups is 1. The topological polar surface area (TPSA) is 53.2 Å². The lowest BCUT2D eigenvalue weighted by Gasteiger charge is -2.57. The summed E-state index contributed by atoms with van der Waals surface area (Å²) in [5.74, 6) is 4.37. The van der Waals surface area contributed by atoms with Crippen molar-refractivity contribution in [1.82, 2.24) is 0 Å². The summed E-state index contributed by atoms with van der Waals surface area (Å²) in [6.45, 7) is 3.25. The molecular formula is C22H33NO2. The molecule has 4 rings (SSSR count). The minimum Gasteiger partial charge on any atom is -0.393 e. The number of rotatable bonds is 2. The van der Waals surface area contributed by atoms with Crippen LogP contribution in [0.4, 0.5) is 0 Å². The summed E-state index contributed by atoms with van der Waals surface area (Å²) in [5.41, 5.74) is 1.70.